The molecule has 0 atom stereocenters. The fraction of sp³-hybridized carbons (Fsp3) is 0.0769. The smallest absolute Gasteiger partial charge is 0.129 e. The highest BCUT2D eigenvalue weighted by atomic mass is 79.9. The molecule has 0 aliphatic heterocycles. The molecule has 100 valence electrons. The molecule has 0 saturated heterocycles. The van der Waals surface area contributed by atoms with E-state index in [-0.39, 0.29) is 5.82 Å². The fourth-order valence-corrected chi connectivity index (χ4v) is 4.36. The number of halogens is 5. The molecule has 0 unspecified atom stereocenters. The third kappa shape index (κ3) is 3.72. The lowest BCUT2D eigenvalue weighted by atomic mass is 10.2. The van der Waals surface area contributed by atoms with Gasteiger partial charge in [-0.25, -0.2) is 4.39 Å². The Balaban J connectivity index is 2.24. The predicted octanol–water partition coefficient (Wildman–Crippen LogP) is 6.38. The van der Waals surface area contributed by atoms with Crippen molar-refractivity contribution < 1.29 is 4.39 Å². The zero-order valence-electron chi connectivity index (χ0n) is 9.48. The standard InChI is InChI=1S/C13H8Br3ClFN/c14-7-4-9(15)13(10(16)5-7)19-6-8-11(17)2-1-3-12(8)18/h1-5,19H,6H2. The molecule has 0 aromatic heterocycles. The molecule has 0 aliphatic carbocycles. The zero-order valence-corrected chi connectivity index (χ0v) is 15.0. The lowest BCUT2D eigenvalue weighted by Gasteiger charge is -2.13. The molecule has 0 spiro atoms. The van der Waals surface area contributed by atoms with Gasteiger partial charge in [0.15, 0.2) is 0 Å². The fourth-order valence-electron chi connectivity index (χ4n) is 1.59. The van der Waals surface area contributed by atoms with Gasteiger partial charge in [-0.15, -0.1) is 0 Å². The largest absolute Gasteiger partial charge is 0.379 e. The van der Waals surface area contributed by atoms with Gasteiger partial charge in [-0.2, -0.15) is 0 Å². The van der Waals surface area contributed by atoms with Crippen LogP contribution in [0.5, 0.6) is 0 Å². The van der Waals surface area contributed by atoms with Crippen LogP contribution in [-0.4, -0.2) is 0 Å². The highest BCUT2D eigenvalue weighted by Crippen LogP contribution is 2.35. The molecule has 1 nitrogen and oxygen atoms in total. The maximum Gasteiger partial charge on any atom is 0.129 e. The van der Waals surface area contributed by atoms with Crippen molar-refractivity contribution in [1.29, 1.82) is 0 Å². The Morgan fingerprint density at radius 3 is 2.32 bits per heavy atom. The summed E-state index contributed by atoms with van der Waals surface area (Å²) in [5, 5.41) is 3.58. The third-order valence-electron chi connectivity index (χ3n) is 2.51. The van der Waals surface area contributed by atoms with E-state index in [9.17, 15) is 4.39 Å². The van der Waals surface area contributed by atoms with E-state index < -0.39 is 0 Å². The summed E-state index contributed by atoms with van der Waals surface area (Å²) in [5.41, 5.74) is 1.30. The summed E-state index contributed by atoms with van der Waals surface area (Å²) < 4.78 is 16.4. The second kappa shape index (κ2) is 6.57. The van der Waals surface area contributed by atoms with Gasteiger partial charge >= 0.3 is 0 Å². The second-order valence-corrected chi connectivity index (χ2v) is 6.83. The van der Waals surface area contributed by atoms with Crippen molar-refractivity contribution in [2.24, 2.45) is 0 Å². The normalized spacial score (nSPS) is 10.6. The molecule has 0 saturated carbocycles. The van der Waals surface area contributed by atoms with Gasteiger partial charge in [-0.1, -0.05) is 33.6 Å². The number of anilines is 1. The molecule has 0 aliphatic rings. The second-order valence-electron chi connectivity index (χ2n) is 3.80. The molecule has 0 amide bonds. The van der Waals surface area contributed by atoms with Crippen molar-refractivity contribution in [3.8, 4) is 0 Å². The van der Waals surface area contributed by atoms with Crippen molar-refractivity contribution in [2.45, 2.75) is 6.54 Å². The molecule has 2 rings (SSSR count). The molecule has 19 heavy (non-hydrogen) atoms. The number of hydrogen-bond acceptors (Lipinski definition) is 1. The summed E-state index contributed by atoms with van der Waals surface area (Å²) in [7, 11) is 0. The number of benzene rings is 2. The van der Waals surface area contributed by atoms with Gasteiger partial charge in [0, 0.05) is 30.5 Å². The van der Waals surface area contributed by atoms with Gasteiger partial charge in [-0.3, -0.25) is 0 Å². The number of nitrogens with one attached hydrogen (secondary N) is 1. The van der Waals surface area contributed by atoms with Crippen LogP contribution in [0.1, 0.15) is 5.56 Å². The quantitative estimate of drug-likeness (QED) is 0.547. The summed E-state index contributed by atoms with van der Waals surface area (Å²) >= 11 is 16.3. The van der Waals surface area contributed by atoms with Crippen molar-refractivity contribution >= 4 is 65.1 Å². The van der Waals surface area contributed by atoms with Crippen LogP contribution in [-0.2, 0) is 6.54 Å². The molecule has 2 aromatic rings. The summed E-state index contributed by atoms with van der Waals surface area (Å²) in [5.74, 6) is -0.315. The van der Waals surface area contributed by atoms with E-state index in [1.54, 1.807) is 12.1 Å². The van der Waals surface area contributed by atoms with Crippen LogP contribution in [0.4, 0.5) is 10.1 Å². The van der Waals surface area contributed by atoms with Crippen molar-refractivity contribution in [2.75, 3.05) is 5.32 Å². The van der Waals surface area contributed by atoms with Gasteiger partial charge in [0.25, 0.3) is 0 Å². The van der Waals surface area contributed by atoms with Crippen molar-refractivity contribution in [3.63, 3.8) is 0 Å². The van der Waals surface area contributed by atoms with Gasteiger partial charge in [0.2, 0.25) is 0 Å². The van der Waals surface area contributed by atoms with E-state index in [1.165, 1.54) is 6.07 Å². The van der Waals surface area contributed by atoms with E-state index in [0.29, 0.717) is 17.1 Å². The highest BCUT2D eigenvalue weighted by molar-refractivity contribution is 9.11. The minimum Gasteiger partial charge on any atom is -0.379 e. The van der Waals surface area contributed by atoms with Crippen LogP contribution >= 0.6 is 59.4 Å². The lowest BCUT2D eigenvalue weighted by molar-refractivity contribution is 0.613. The van der Waals surface area contributed by atoms with Gasteiger partial charge in [0.05, 0.1) is 5.69 Å². The number of hydrogen-bond donors (Lipinski definition) is 1. The van der Waals surface area contributed by atoms with E-state index >= 15 is 0 Å². The summed E-state index contributed by atoms with van der Waals surface area (Å²) in [6.45, 7) is 0.310. The molecular formula is C13H8Br3ClFN. The Morgan fingerprint density at radius 1 is 1.11 bits per heavy atom. The first-order valence-electron chi connectivity index (χ1n) is 5.30. The minimum atomic E-state index is -0.315. The van der Waals surface area contributed by atoms with Crippen molar-refractivity contribution in [3.05, 3.63) is 60.2 Å². The van der Waals surface area contributed by atoms with E-state index in [4.69, 9.17) is 11.6 Å². The first kappa shape index (κ1) is 15.3. The first-order valence-corrected chi connectivity index (χ1v) is 8.06. The molecule has 6 heteroatoms. The molecule has 0 heterocycles. The van der Waals surface area contributed by atoms with Gasteiger partial charge in [-0.05, 0) is 56.1 Å². The van der Waals surface area contributed by atoms with Crippen LogP contribution in [0, 0.1) is 5.82 Å². The van der Waals surface area contributed by atoms with Crippen LogP contribution in [0.25, 0.3) is 0 Å². The average molecular weight is 472 g/mol. The van der Waals surface area contributed by atoms with E-state index in [0.717, 1.165) is 19.1 Å². The first-order chi connectivity index (χ1) is 8.99. The topological polar surface area (TPSA) is 12.0 Å². The molecule has 0 bridgehead atoms. The average Bonchev–Trinajstić information content (AvgIpc) is 2.31. The maximum atomic E-state index is 13.7. The van der Waals surface area contributed by atoms with Crippen molar-refractivity contribution in [1.82, 2.24) is 0 Å². The van der Waals surface area contributed by atoms with Crippen LogP contribution < -0.4 is 5.32 Å². The Hall–Kier alpha value is -0.100. The Morgan fingerprint density at radius 2 is 1.74 bits per heavy atom. The highest BCUT2D eigenvalue weighted by Gasteiger charge is 2.10. The zero-order chi connectivity index (χ0) is 14.0. The van der Waals surface area contributed by atoms with Crippen LogP contribution in [0.3, 0.4) is 0 Å². The monoisotopic (exact) mass is 469 g/mol. The summed E-state index contributed by atoms with van der Waals surface area (Å²) in [4.78, 5) is 0. The summed E-state index contributed by atoms with van der Waals surface area (Å²) in [6, 6.07) is 8.49. The SMILES string of the molecule is Fc1cccc(Cl)c1CNc1c(Br)cc(Br)cc1Br. The predicted molar refractivity (Wildman–Crippen MR) is 88.3 cm³/mol. The molecular weight excluding hydrogens is 464 g/mol. The minimum absolute atomic E-state index is 0.310. The van der Waals surface area contributed by atoms with Gasteiger partial charge < -0.3 is 5.32 Å². The van der Waals surface area contributed by atoms with Gasteiger partial charge in [0.1, 0.15) is 5.82 Å². The Labute approximate surface area is 140 Å². The molecule has 0 fully saturated rings. The van der Waals surface area contributed by atoms with E-state index in [2.05, 4.69) is 53.1 Å². The van der Waals surface area contributed by atoms with E-state index in [1.807, 2.05) is 12.1 Å². The summed E-state index contributed by atoms with van der Waals surface area (Å²) in [6.07, 6.45) is 0. The number of rotatable bonds is 3. The third-order valence-corrected chi connectivity index (χ3v) is 4.57. The molecule has 0 radical (unpaired) electrons. The lowest BCUT2D eigenvalue weighted by Crippen LogP contribution is -2.04. The van der Waals surface area contributed by atoms with Crippen LogP contribution in [0.15, 0.2) is 43.7 Å². The maximum absolute atomic E-state index is 13.7. The molecule has 1 N–H and O–H groups in total. The Kier molecular flexibility index (Phi) is 5.29. The Bertz CT molecular complexity index is 576. The molecule has 2 aromatic carbocycles. The van der Waals surface area contributed by atoms with Crippen LogP contribution in [0.2, 0.25) is 5.02 Å².